The van der Waals surface area contributed by atoms with Gasteiger partial charge in [-0.05, 0) is 36.9 Å². The molecule has 138 valence electrons. The van der Waals surface area contributed by atoms with Crippen LogP contribution in [0.4, 0.5) is 0 Å². The quantitative estimate of drug-likeness (QED) is 0.468. The monoisotopic (exact) mass is 372 g/mol. The van der Waals surface area contributed by atoms with Crippen molar-refractivity contribution in [2.75, 3.05) is 13.1 Å². The Balaban J connectivity index is 1.55. The molecule has 26 heavy (non-hydrogen) atoms. The number of hydrogen-bond acceptors (Lipinski definition) is 5. The maximum Gasteiger partial charge on any atom is 0.191 e. The molecule has 0 aliphatic carbocycles. The number of nitrogens with zero attached hydrogens (tertiary/aromatic N) is 4. The fraction of sp³-hybridized carbons (Fsp3) is 0.389. The van der Waals surface area contributed by atoms with E-state index in [-0.39, 0.29) is 0 Å². The van der Waals surface area contributed by atoms with Crippen LogP contribution in [0.2, 0.25) is 0 Å². The van der Waals surface area contributed by atoms with Crippen LogP contribution >= 0.6 is 11.3 Å². The van der Waals surface area contributed by atoms with E-state index >= 15 is 0 Å². The third-order valence-electron chi connectivity index (χ3n) is 4.05. The van der Waals surface area contributed by atoms with Crippen LogP contribution in [0, 0.1) is 6.92 Å². The van der Waals surface area contributed by atoms with Crippen molar-refractivity contribution in [3.8, 4) is 0 Å². The molecule has 2 N–H and O–H groups in total. The highest BCUT2D eigenvalue weighted by atomic mass is 32.1. The Kier molecular flexibility index (Phi) is 6.43. The predicted octanol–water partition coefficient (Wildman–Crippen LogP) is 2.30. The van der Waals surface area contributed by atoms with Crippen LogP contribution in [0.3, 0.4) is 0 Å². The van der Waals surface area contributed by atoms with E-state index in [1.807, 2.05) is 30.7 Å². The minimum Gasteiger partial charge on any atom is -0.469 e. The maximum absolute atomic E-state index is 5.37. The lowest BCUT2D eigenvalue weighted by molar-refractivity contribution is 0.506. The smallest absolute Gasteiger partial charge is 0.191 e. The molecule has 0 aliphatic heterocycles. The molecule has 0 saturated heterocycles. The summed E-state index contributed by atoms with van der Waals surface area (Å²) in [6.07, 6.45) is 3.47. The van der Waals surface area contributed by atoms with Crippen LogP contribution < -0.4 is 10.6 Å². The Morgan fingerprint density at radius 2 is 2.04 bits per heavy atom. The standard InChI is InChI=1S/C18H24N6OS/c1-14-22-23-17(24(14)2)13-21-18(19-9-7-15-5-3-11-25-15)20-10-8-16-6-4-12-26-16/h3-6,11-12H,7-10,13H2,1-2H3,(H2,19,20,21). The molecule has 3 rings (SSSR count). The fourth-order valence-corrected chi connectivity index (χ4v) is 3.14. The van der Waals surface area contributed by atoms with E-state index in [4.69, 9.17) is 4.42 Å². The first-order valence-electron chi connectivity index (χ1n) is 8.64. The summed E-state index contributed by atoms with van der Waals surface area (Å²) in [5.41, 5.74) is 0. The molecule has 8 heteroatoms. The number of rotatable bonds is 8. The summed E-state index contributed by atoms with van der Waals surface area (Å²) < 4.78 is 7.33. The Hall–Kier alpha value is -2.61. The summed E-state index contributed by atoms with van der Waals surface area (Å²) in [5, 5.41) is 17.1. The zero-order chi connectivity index (χ0) is 18.2. The molecule has 0 aliphatic rings. The average Bonchev–Trinajstić information content (AvgIpc) is 3.38. The van der Waals surface area contributed by atoms with Gasteiger partial charge in [0.15, 0.2) is 11.8 Å². The maximum atomic E-state index is 5.37. The second-order valence-corrected chi connectivity index (χ2v) is 6.93. The minimum atomic E-state index is 0.479. The van der Waals surface area contributed by atoms with Gasteiger partial charge in [-0.15, -0.1) is 21.5 Å². The average molecular weight is 372 g/mol. The zero-order valence-electron chi connectivity index (χ0n) is 15.1. The highest BCUT2D eigenvalue weighted by Crippen LogP contribution is 2.08. The number of aromatic nitrogens is 3. The van der Waals surface area contributed by atoms with Gasteiger partial charge in [-0.25, -0.2) is 4.99 Å². The number of guanidine groups is 1. The van der Waals surface area contributed by atoms with E-state index in [1.165, 1.54) is 4.88 Å². The van der Waals surface area contributed by atoms with Crippen LogP contribution in [-0.4, -0.2) is 33.8 Å². The summed E-state index contributed by atoms with van der Waals surface area (Å²) >= 11 is 1.77. The molecule has 0 aromatic carbocycles. The summed E-state index contributed by atoms with van der Waals surface area (Å²) in [6.45, 7) is 3.98. The third-order valence-corrected chi connectivity index (χ3v) is 4.99. The molecule has 7 nitrogen and oxygen atoms in total. The second kappa shape index (κ2) is 9.19. The Morgan fingerprint density at radius 1 is 1.19 bits per heavy atom. The molecule has 0 amide bonds. The number of aryl methyl sites for hydroxylation is 1. The van der Waals surface area contributed by atoms with E-state index in [1.54, 1.807) is 17.6 Å². The lowest BCUT2D eigenvalue weighted by Crippen LogP contribution is -2.39. The Labute approximate surface area is 157 Å². The van der Waals surface area contributed by atoms with Crippen molar-refractivity contribution >= 4 is 17.3 Å². The Morgan fingerprint density at radius 3 is 2.69 bits per heavy atom. The van der Waals surface area contributed by atoms with Gasteiger partial charge in [0, 0.05) is 31.4 Å². The van der Waals surface area contributed by atoms with E-state index in [0.29, 0.717) is 6.54 Å². The van der Waals surface area contributed by atoms with Crippen LogP contribution in [0.1, 0.15) is 22.3 Å². The molecule has 3 aromatic heterocycles. The highest BCUT2D eigenvalue weighted by molar-refractivity contribution is 7.09. The van der Waals surface area contributed by atoms with Crippen LogP contribution in [0.15, 0.2) is 45.3 Å². The van der Waals surface area contributed by atoms with Crippen LogP contribution in [0.25, 0.3) is 0 Å². The molecule has 0 unspecified atom stereocenters. The lowest BCUT2D eigenvalue weighted by atomic mass is 10.3. The minimum absolute atomic E-state index is 0.479. The first-order valence-corrected chi connectivity index (χ1v) is 9.52. The van der Waals surface area contributed by atoms with Crippen molar-refractivity contribution in [2.45, 2.75) is 26.3 Å². The van der Waals surface area contributed by atoms with E-state index in [9.17, 15) is 0 Å². The molecule has 3 heterocycles. The fourth-order valence-electron chi connectivity index (χ4n) is 2.43. The second-order valence-electron chi connectivity index (χ2n) is 5.90. The highest BCUT2D eigenvalue weighted by Gasteiger charge is 2.06. The third kappa shape index (κ3) is 5.19. The number of aliphatic imine (C=N–C) groups is 1. The van der Waals surface area contributed by atoms with Crippen molar-refractivity contribution in [1.82, 2.24) is 25.4 Å². The van der Waals surface area contributed by atoms with E-state index < -0.39 is 0 Å². The molecule has 0 spiro atoms. The first kappa shape index (κ1) is 18.2. The largest absolute Gasteiger partial charge is 0.469 e. The van der Waals surface area contributed by atoms with Gasteiger partial charge in [-0.1, -0.05) is 6.07 Å². The van der Waals surface area contributed by atoms with Crippen molar-refractivity contribution in [1.29, 1.82) is 0 Å². The normalized spacial score (nSPS) is 11.7. The zero-order valence-corrected chi connectivity index (χ0v) is 15.9. The van der Waals surface area contributed by atoms with Gasteiger partial charge >= 0.3 is 0 Å². The SMILES string of the molecule is Cc1nnc(CN=C(NCCc2ccco2)NCCc2cccs2)n1C. The van der Waals surface area contributed by atoms with Gasteiger partial charge in [0.1, 0.15) is 18.1 Å². The number of thiophene rings is 1. The predicted molar refractivity (Wildman–Crippen MR) is 103 cm³/mol. The summed E-state index contributed by atoms with van der Waals surface area (Å²) in [4.78, 5) is 6.01. The number of nitrogens with one attached hydrogen (secondary N) is 2. The van der Waals surface area contributed by atoms with Gasteiger partial charge in [-0.3, -0.25) is 0 Å². The molecule has 0 saturated carbocycles. The summed E-state index contributed by atoms with van der Waals surface area (Å²) in [5.74, 6) is 3.45. The molecule has 0 atom stereocenters. The summed E-state index contributed by atoms with van der Waals surface area (Å²) in [7, 11) is 1.95. The summed E-state index contributed by atoms with van der Waals surface area (Å²) in [6, 6.07) is 8.11. The van der Waals surface area contributed by atoms with Gasteiger partial charge in [-0.2, -0.15) is 0 Å². The first-order chi connectivity index (χ1) is 12.7. The van der Waals surface area contributed by atoms with Crippen molar-refractivity contribution in [3.63, 3.8) is 0 Å². The van der Waals surface area contributed by atoms with E-state index in [0.717, 1.165) is 49.3 Å². The Bertz CT molecular complexity index is 765. The van der Waals surface area contributed by atoms with Crippen LogP contribution in [-0.2, 0) is 26.4 Å². The molecular formula is C18H24N6OS. The van der Waals surface area contributed by atoms with Gasteiger partial charge in [0.25, 0.3) is 0 Å². The van der Waals surface area contributed by atoms with Gasteiger partial charge in [0.2, 0.25) is 0 Å². The van der Waals surface area contributed by atoms with Crippen molar-refractivity contribution < 1.29 is 4.42 Å². The van der Waals surface area contributed by atoms with Gasteiger partial charge < -0.3 is 19.6 Å². The van der Waals surface area contributed by atoms with Crippen LogP contribution in [0.5, 0.6) is 0 Å². The van der Waals surface area contributed by atoms with Gasteiger partial charge in [0.05, 0.1) is 6.26 Å². The topological polar surface area (TPSA) is 80.3 Å². The molecule has 3 aromatic rings. The number of furan rings is 1. The number of hydrogen-bond donors (Lipinski definition) is 2. The van der Waals surface area contributed by atoms with Crippen molar-refractivity contribution in [2.24, 2.45) is 12.0 Å². The van der Waals surface area contributed by atoms with Crippen molar-refractivity contribution in [3.05, 3.63) is 58.2 Å². The molecular weight excluding hydrogens is 348 g/mol. The lowest BCUT2D eigenvalue weighted by Gasteiger charge is -2.12. The molecule has 0 bridgehead atoms. The van der Waals surface area contributed by atoms with E-state index in [2.05, 4.69) is 43.3 Å². The molecule has 0 radical (unpaired) electrons. The molecule has 0 fully saturated rings.